The Morgan fingerprint density at radius 1 is 1.23 bits per heavy atom. The summed E-state index contributed by atoms with van der Waals surface area (Å²) in [5, 5.41) is 17.0. The molecule has 0 saturated heterocycles. The van der Waals surface area contributed by atoms with Gasteiger partial charge in [-0.3, -0.25) is 0 Å². The van der Waals surface area contributed by atoms with Gasteiger partial charge in [-0.2, -0.15) is 5.21 Å². The smallest absolute Gasteiger partial charge is 0.247 e. The number of aromatic nitrogens is 7. The molecule has 0 aliphatic rings. The first-order valence-corrected chi connectivity index (χ1v) is 3.37. The lowest BCUT2D eigenvalue weighted by Gasteiger charge is -1.89. The molecule has 68 valence electrons. The van der Waals surface area contributed by atoms with Crippen LogP contribution in [0.2, 0.25) is 0 Å². The van der Waals surface area contributed by atoms with Gasteiger partial charge < -0.3 is 0 Å². The normalized spacial score (nSPS) is 10.5. The summed E-state index contributed by atoms with van der Waals surface area (Å²) in [5.41, 5.74) is -1.07. The first-order chi connectivity index (χ1) is 6.27. The van der Waals surface area contributed by atoms with Crippen LogP contribution in [-0.4, -0.2) is 35.4 Å². The molecular formula is C4H5N7O2. The number of nitrogens with zero attached hydrogens (tertiary/aromatic N) is 4. The summed E-state index contributed by atoms with van der Waals surface area (Å²) in [6.45, 7) is -0.00579. The van der Waals surface area contributed by atoms with Crippen molar-refractivity contribution in [2.24, 2.45) is 0 Å². The number of nitrogens with one attached hydrogen (secondary N) is 3. The molecule has 0 aliphatic carbocycles. The van der Waals surface area contributed by atoms with E-state index in [4.69, 9.17) is 0 Å². The SMILES string of the molecule is O=c1[nH][nH]c(=O)n1Cc1nn[nH]n1. The molecule has 0 fully saturated rings. The van der Waals surface area contributed by atoms with E-state index < -0.39 is 11.4 Å². The monoisotopic (exact) mass is 183 g/mol. The first-order valence-electron chi connectivity index (χ1n) is 3.37. The fraction of sp³-hybridized carbons (Fsp3) is 0.250. The van der Waals surface area contributed by atoms with Crippen molar-refractivity contribution >= 4 is 0 Å². The van der Waals surface area contributed by atoms with Crippen LogP contribution in [0.15, 0.2) is 9.59 Å². The molecule has 0 atom stereocenters. The maximum atomic E-state index is 11.0. The van der Waals surface area contributed by atoms with Crippen molar-refractivity contribution in [3.8, 4) is 0 Å². The highest BCUT2D eigenvalue weighted by Crippen LogP contribution is 1.82. The summed E-state index contributed by atoms with van der Waals surface area (Å²) in [7, 11) is 0. The zero-order valence-corrected chi connectivity index (χ0v) is 6.31. The highest BCUT2D eigenvalue weighted by Gasteiger charge is 2.05. The van der Waals surface area contributed by atoms with Gasteiger partial charge in [0.05, 0.1) is 6.54 Å². The van der Waals surface area contributed by atoms with Crippen LogP contribution in [0, 0.1) is 0 Å². The number of hydrogen-bond acceptors (Lipinski definition) is 5. The number of rotatable bonds is 2. The minimum Gasteiger partial charge on any atom is -0.247 e. The molecule has 0 aromatic carbocycles. The second-order valence-corrected chi connectivity index (χ2v) is 2.27. The molecule has 0 unspecified atom stereocenters. The third-order valence-corrected chi connectivity index (χ3v) is 1.46. The van der Waals surface area contributed by atoms with Crippen molar-refractivity contribution in [3.63, 3.8) is 0 Å². The van der Waals surface area contributed by atoms with Crippen LogP contribution < -0.4 is 11.4 Å². The Bertz CT molecular complexity index is 460. The van der Waals surface area contributed by atoms with E-state index in [9.17, 15) is 9.59 Å². The third-order valence-electron chi connectivity index (χ3n) is 1.46. The van der Waals surface area contributed by atoms with Gasteiger partial charge in [-0.25, -0.2) is 24.4 Å². The summed E-state index contributed by atoms with van der Waals surface area (Å²) >= 11 is 0. The third kappa shape index (κ3) is 1.26. The minimum absolute atomic E-state index is 0.00579. The van der Waals surface area contributed by atoms with Gasteiger partial charge in [0, 0.05) is 0 Å². The van der Waals surface area contributed by atoms with E-state index >= 15 is 0 Å². The Hall–Kier alpha value is -2.19. The molecule has 0 aliphatic heterocycles. The van der Waals surface area contributed by atoms with E-state index in [1.807, 2.05) is 0 Å². The molecule has 2 rings (SSSR count). The maximum absolute atomic E-state index is 11.0. The van der Waals surface area contributed by atoms with Gasteiger partial charge in [0.1, 0.15) is 0 Å². The second-order valence-electron chi connectivity index (χ2n) is 2.27. The van der Waals surface area contributed by atoms with Crippen molar-refractivity contribution in [3.05, 3.63) is 26.8 Å². The largest absolute Gasteiger partial charge is 0.344 e. The number of tetrazole rings is 1. The van der Waals surface area contributed by atoms with Gasteiger partial charge in [-0.05, 0) is 0 Å². The van der Waals surface area contributed by atoms with Crippen molar-refractivity contribution in [2.75, 3.05) is 0 Å². The molecule has 0 bridgehead atoms. The molecule has 9 nitrogen and oxygen atoms in total. The number of aromatic amines is 3. The topological polar surface area (TPSA) is 125 Å². The van der Waals surface area contributed by atoms with Gasteiger partial charge >= 0.3 is 11.4 Å². The summed E-state index contributed by atoms with van der Waals surface area (Å²) in [4.78, 5) is 21.9. The van der Waals surface area contributed by atoms with Gasteiger partial charge in [-0.15, -0.1) is 10.2 Å². The zero-order valence-electron chi connectivity index (χ0n) is 6.31. The van der Waals surface area contributed by atoms with Crippen molar-refractivity contribution < 1.29 is 0 Å². The summed E-state index contributed by atoms with van der Waals surface area (Å²) in [6.07, 6.45) is 0. The molecule has 0 radical (unpaired) electrons. The van der Waals surface area contributed by atoms with Crippen LogP contribution in [0.3, 0.4) is 0 Å². The summed E-state index contributed by atoms with van der Waals surface area (Å²) < 4.78 is 0.921. The Balaban J connectivity index is 2.38. The second kappa shape index (κ2) is 2.69. The molecule has 13 heavy (non-hydrogen) atoms. The molecule has 0 amide bonds. The predicted octanol–water partition coefficient (Wildman–Crippen LogP) is -2.57. The fourth-order valence-electron chi connectivity index (χ4n) is 0.869. The van der Waals surface area contributed by atoms with Crippen LogP contribution in [0.4, 0.5) is 0 Å². The van der Waals surface area contributed by atoms with Crippen molar-refractivity contribution in [1.82, 2.24) is 35.4 Å². The Kier molecular flexibility index (Phi) is 1.55. The number of hydrogen-bond donors (Lipinski definition) is 3. The lowest BCUT2D eigenvalue weighted by Crippen LogP contribution is -2.27. The summed E-state index contributed by atoms with van der Waals surface area (Å²) in [6, 6.07) is 0. The summed E-state index contributed by atoms with van der Waals surface area (Å²) in [5.74, 6) is 0.271. The van der Waals surface area contributed by atoms with Gasteiger partial charge in [-0.1, -0.05) is 5.21 Å². The standard InChI is InChI=1S/C4H5N7O2/c12-3-7-8-4(13)11(3)1-2-5-9-10-6-2/h1H2,(H,7,12)(H,8,13)(H,5,6,9,10). The average molecular weight is 183 g/mol. The quantitative estimate of drug-likeness (QED) is 0.471. The zero-order chi connectivity index (χ0) is 9.26. The van der Waals surface area contributed by atoms with Crippen LogP contribution in [0.25, 0.3) is 0 Å². The van der Waals surface area contributed by atoms with E-state index in [2.05, 4.69) is 30.8 Å². The molecule has 2 aromatic rings. The lowest BCUT2D eigenvalue weighted by atomic mass is 10.6. The van der Waals surface area contributed by atoms with Gasteiger partial charge in [0.15, 0.2) is 5.82 Å². The van der Waals surface area contributed by atoms with E-state index in [0.29, 0.717) is 0 Å². The van der Waals surface area contributed by atoms with Crippen LogP contribution in [0.5, 0.6) is 0 Å². The Morgan fingerprint density at radius 2 is 1.92 bits per heavy atom. The maximum Gasteiger partial charge on any atom is 0.344 e. The Labute approximate surface area is 69.8 Å². The van der Waals surface area contributed by atoms with E-state index in [-0.39, 0.29) is 12.4 Å². The highest BCUT2D eigenvalue weighted by molar-refractivity contribution is 4.79. The first kappa shape index (κ1) is 7.46. The predicted molar refractivity (Wildman–Crippen MR) is 39.0 cm³/mol. The fourth-order valence-corrected chi connectivity index (χ4v) is 0.869. The van der Waals surface area contributed by atoms with Gasteiger partial charge in [0.2, 0.25) is 0 Å². The highest BCUT2D eigenvalue weighted by atomic mass is 16.2. The van der Waals surface area contributed by atoms with Crippen molar-refractivity contribution in [1.29, 1.82) is 0 Å². The lowest BCUT2D eigenvalue weighted by molar-refractivity contribution is 0.695. The van der Waals surface area contributed by atoms with Crippen molar-refractivity contribution in [2.45, 2.75) is 6.54 Å². The molecule has 0 saturated carbocycles. The van der Waals surface area contributed by atoms with Gasteiger partial charge in [0.25, 0.3) is 0 Å². The molecular weight excluding hydrogens is 178 g/mol. The minimum atomic E-state index is -0.533. The van der Waals surface area contributed by atoms with E-state index in [1.165, 1.54) is 0 Å². The average Bonchev–Trinajstić information content (AvgIpc) is 2.70. The van der Waals surface area contributed by atoms with Crippen LogP contribution in [-0.2, 0) is 6.54 Å². The van der Waals surface area contributed by atoms with Crippen LogP contribution >= 0.6 is 0 Å². The molecule has 9 heteroatoms. The molecule has 2 aromatic heterocycles. The van der Waals surface area contributed by atoms with E-state index in [1.54, 1.807) is 0 Å². The molecule has 0 spiro atoms. The Morgan fingerprint density at radius 3 is 2.46 bits per heavy atom. The molecule has 2 heterocycles. The molecule has 3 N–H and O–H groups in total. The van der Waals surface area contributed by atoms with E-state index in [0.717, 1.165) is 4.57 Å². The van der Waals surface area contributed by atoms with Crippen LogP contribution in [0.1, 0.15) is 5.82 Å². The number of H-pyrrole nitrogens is 3.